The lowest BCUT2D eigenvalue weighted by molar-refractivity contribution is 0.0687. The first-order chi connectivity index (χ1) is 9.32. The van der Waals surface area contributed by atoms with E-state index in [1.165, 1.54) is 6.92 Å². The van der Waals surface area contributed by atoms with Gasteiger partial charge in [-0.25, -0.2) is 13.6 Å². The van der Waals surface area contributed by atoms with Gasteiger partial charge in [0.15, 0.2) is 5.69 Å². The van der Waals surface area contributed by atoms with Crippen LogP contribution in [-0.4, -0.2) is 42.0 Å². The number of carbonyl (C=O) groups is 1. The summed E-state index contributed by atoms with van der Waals surface area (Å²) in [6, 6.07) is 0.0790. The van der Waals surface area contributed by atoms with Crippen LogP contribution in [0.15, 0.2) is 4.90 Å². The number of amides is 1. The molecule has 3 N–H and O–H groups in total. The molecule has 0 bridgehead atoms. The Hall–Kier alpha value is -1.41. The minimum absolute atomic E-state index is 0.0790. The first kappa shape index (κ1) is 15.0. The van der Waals surface area contributed by atoms with Gasteiger partial charge in [0, 0.05) is 12.6 Å². The Morgan fingerprint density at radius 1 is 1.40 bits per heavy atom. The third-order valence-corrected chi connectivity index (χ3v) is 4.76. The Bertz CT molecular complexity index is 608. The second kappa shape index (κ2) is 5.53. The van der Waals surface area contributed by atoms with Crippen LogP contribution in [0.2, 0.25) is 0 Å². The summed E-state index contributed by atoms with van der Waals surface area (Å²) in [7, 11) is -3.97. The number of aryl methyl sites for hydroxylation is 1. The molecule has 1 unspecified atom stereocenters. The number of sulfonamides is 1. The van der Waals surface area contributed by atoms with Crippen molar-refractivity contribution in [3.8, 4) is 0 Å². The van der Waals surface area contributed by atoms with E-state index >= 15 is 0 Å². The highest BCUT2D eigenvalue weighted by Gasteiger charge is 2.31. The second-order valence-corrected chi connectivity index (χ2v) is 6.77. The molecule has 0 saturated carbocycles. The maximum Gasteiger partial charge on any atom is 0.276 e. The number of primary sulfonamides is 1. The fraction of sp³-hybridized carbons (Fsp3) is 0.667. The summed E-state index contributed by atoms with van der Waals surface area (Å²) in [6.07, 6.45) is 3.99. The first-order valence-electron chi connectivity index (χ1n) is 6.71. The Balaban J connectivity index is 2.39. The van der Waals surface area contributed by atoms with E-state index in [1.54, 1.807) is 4.90 Å². The number of hydrogen-bond acceptors (Lipinski definition) is 4. The average molecular weight is 300 g/mol. The van der Waals surface area contributed by atoms with Crippen molar-refractivity contribution in [3.05, 3.63) is 11.4 Å². The molecule has 2 heterocycles. The molecule has 1 amide bonds. The molecule has 8 heteroatoms. The Morgan fingerprint density at radius 2 is 2.10 bits per heavy atom. The first-order valence-corrected chi connectivity index (χ1v) is 8.25. The molecule has 0 spiro atoms. The molecule has 1 atom stereocenters. The number of hydrogen-bond donors (Lipinski definition) is 2. The van der Waals surface area contributed by atoms with Crippen LogP contribution in [0.25, 0.3) is 0 Å². The van der Waals surface area contributed by atoms with E-state index in [4.69, 9.17) is 5.14 Å². The summed E-state index contributed by atoms with van der Waals surface area (Å²) in [4.78, 5) is 14.1. The van der Waals surface area contributed by atoms with Crippen LogP contribution in [-0.2, 0) is 10.0 Å². The maximum atomic E-state index is 12.6. The number of aromatic nitrogens is 2. The van der Waals surface area contributed by atoms with Crippen molar-refractivity contribution in [3.63, 3.8) is 0 Å². The van der Waals surface area contributed by atoms with Crippen molar-refractivity contribution in [1.82, 2.24) is 15.1 Å². The van der Waals surface area contributed by atoms with Gasteiger partial charge in [0.25, 0.3) is 5.91 Å². The predicted octanol–water partition coefficient (Wildman–Crippen LogP) is 0.770. The van der Waals surface area contributed by atoms with Gasteiger partial charge in [-0.3, -0.25) is 9.89 Å². The molecule has 1 fully saturated rings. The quantitative estimate of drug-likeness (QED) is 0.840. The average Bonchev–Trinajstić information content (AvgIpc) is 2.61. The molecular formula is C12H20N4O3S. The number of carbonyl (C=O) groups excluding carboxylic acids is 1. The van der Waals surface area contributed by atoms with Gasteiger partial charge in [0.2, 0.25) is 10.0 Å². The van der Waals surface area contributed by atoms with Gasteiger partial charge >= 0.3 is 0 Å². The third-order valence-electron chi connectivity index (χ3n) is 3.69. The number of nitrogens with zero attached hydrogens (tertiary/aromatic N) is 2. The minimum Gasteiger partial charge on any atom is -0.335 e. The highest BCUT2D eigenvalue weighted by molar-refractivity contribution is 7.89. The topological polar surface area (TPSA) is 109 Å². The van der Waals surface area contributed by atoms with E-state index in [-0.39, 0.29) is 22.5 Å². The van der Waals surface area contributed by atoms with E-state index in [0.717, 1.165) is 25.7 Å². The fourth-order valence-corrected chi connectivity index (χ4v) is 3.50. The molecule has 0 aromatic carbocycles. The van der Waals surface area contributed by atoms with Crippen LogP contribution < -0.4 is 5.14 Å². The highest BCUT2D eigenvalue weighted by Crippen LogP contribution is 2.22. The van der Waals surface area contributed by atoms with Crippen LogP contribution in [0.1, 0.15) is 48.8 Å². The molecule has 1 saturated heterocycles. The van der Waals surface area contributed by atoms with Crippen molar-refractivity contribution >= 4 is 15.9 Å². The van der Waals surface area contributed by atoms with E-state index in [9.17, 15) is 13.2 Å². The van der Waals surface area contributed by atoms with Crippen molar-refractivity contribution in [1.29, 1.82) is 0 Å². The lowest BCUT2D eigenvalue weighted by atomic mass is 10.1. The lowest BCUT2D eigenvalue weighted by Crippen LogP contribution is -2.39. The summed E-state index contributed by atoms with van der Waals surface area (Å²) in [5, 5.41) is 11.6. The predicted molar refractivity (Wildman–Crippen MR) is 73.7 cm³/mol. The Morgan fingerprint density at radius 3 is 2.75 bits per heavy atom. The van der Waals surface area contributed by atoms with Crippen LogP contribution in [0.3, 0.4) is 0 Å². The molecule has 20 heavy (non-hydrogen) atoms. The van der Waals surface area contributed by atoms with E-state index in [2.05, 4.69) is 10.2 Å². The molecule has 1 aliphatic rings. The molecule has 2 rings (SSSR count). The number of likely N-dealkylation sites (tertiary alicyclic amines) is 1. The van der Waals surface area contributed by atoms with Gasteiger partial charge in [0.05, 0.1) is 5.69 Å². The zero-order valence-corrected chi connectivity index (χ0v) is 12.5. The smallest absolute Gasteiger partial charge is 0.276 e. The molecule has 112 valence electrons. The summed E-state index contributed by atoms with van der Waals surface area (Å²) < 4.78 is 23.2. The van der Waals surface area contributed by atoms with Gasteiger partial charge in [0.1, 0.15) is 4.90 Å². The van der Waals surface area contributed by atoms with Gasteiger partial charge in [-0.05, 0) is 26.7 Å². The van der Waals surface area contributed by atoms with Crippen molar-refractivity contribution in [2.75, 3.05) is 6.54 Å². The molecular weight excluding hydrogens is 280 g/mol. The number of rotatable bonds is 2. The number of nitrogens with one attached hydrogen (secondary N) is 1. The van der Waals surface area contributed by atoms with E-state index < -0.39 is 10.0 Å². The summed E-state index contributed by atoms with van der Waals surface area (Å²) in [5.74, 6) is -0.368. The van der Waals surface area contributed by atoms with Crippen molar-refractivity contribution < 1.29 is 13.2 Å². The molecule has 1 aromatic rings. The number of H-pyrrole nitrogens is 1. The second-order valence-electron chi connectivity index (χ2n) is 5.27. The SMILES string of the molecule is Cc1[nH]nc(C(=O)N2CCCCCC2C)c1S(N)(=O)=O. The molecule has 1 aliphatic heterocycles. The Labute approximate surface area is 118 Å². The van der Waals surface area contributed by atoms with E-state index in [1.807, 2.05) is 6.92 Å². The summed E-state index contributed by atoms with van der Waals surface area (Å²) in [5.41, 5.74) is 0.192. The zero-order chi connectivity index (χ0) is 14.9. The third kappa shape index (κ3) is 2.85. The highest BCUT2D eigenvalue weighted by atomic mass is 32.2. The number of nitrogens with two attached hydrogens (primary N) is 1. The number of aromatic amines is 1. The summed E-state index contributed by atoms with van der Waals surface area (Å²) >= 11 is 0. The normalized spacial score (nSPS) is 20.8. The van der Waals surface area contributed by atoms with Crippen molar-refractivity contribution in [2.24, 2.45) is 5.14 Å². The molecule has 0 radical (unpaired) electrons. The summed E-state index contributed by atoms with van der Waals surface area (Å²) in [6.45, 7) is 4.13. The molecule has 1 aromatic heterocycles. The standard InChI is InChI=1S/C12H20N4O3S/c1-8-6-4-3-5-7-16(8)12(17)10-11(20(13,18)19)9(2)14-15-10/h8H,3-7H2,1-2H3,(H,14,15)(H2,13,18,19). The van der Waals surface area contributed by atoms with Crippen LogP contribution in [0.5, 0.6) is 0 Å². The Kier molecular flexibility index (Phi) is 4.14. The van der Waals surface area contributed by atoms with Crippen molar-refractivity contribution in [2.45, 2.75) is 50.5 Å². The monoisotopic (exact) mass is 300 g/mol. The fourth-order valence-electron chi connectivity index (χ4n) is 2.62. The van der Waals surface area contributed by atoms with Gasteiger partial charge in [-0.2, -0.15) is 5.10 Å². The van der Waals surface area contributed by atoms with Crippen LogP contribution in [0.4, 0.5) is 0 Å². The van der Waals surface area contributed by atoms with Gasteiger partial charge in [-0.15, -0.1) is 0 Å². The molecule has 0 aliphatic carbocycles. The lowest BCUT2D eigenvalue weighted by Gasteiger charge is -2.26. The van der Waals surface area contributed by atoms with E-state index in [0.29, 0.717) is 12.2 Å². The van der Waals surface area contributed by atoms with Gasteiger partial charge < -0.3 is 4.90 Å². The van der Waals surface area contributed by atoms with Crippen LogP contribution >= 0.6 is 0 Å². The minimum atomic E-state index is -3.97. The zero-order valence-electron chi connectivity index (χ0n) is 11.7. The van der Waals surface area contributed by atoms with Gasteiger partial charge in [-0.1, -0.05) is 12.8 Å². The largest absolute Gasteiger partial charge is 0.335 e. The van der Waals surface area contributed by atoms with Crippen LogP contribution in [0, 0.1) is 6.92 Å². The maximum absolute atomic E-state index is 12.6. The molecule has 7 nitrogen and oxygen atoms in total.